The van der Waals surface area contributed by atoms with E-state index in [1.54, 1.807) is 0 Å². The van der Waals surface area contributed by atoms with Crippen LogP contribution in [-0.2, 0) is 6.42 Å². The Balaban J connectivity index is 2.11. The van der Waals surface area contributed by atoms with Gasteiger partial charge in [-0.3, -0.25) is 0 Å². The zero-order valence-electron chi connectivity index (χ0n) is 10.2. The van der Waals surface area contributed by atoms with Gasteiger partial charge in [0, 0.05) is 5.56 Å². The highest BCUT2D eigenvalue weighted by Crippen LogP contribution is 2.32. The summed E-state index contributed by atoms with van der Waals surface area (Å²) in [7, 11) is 0. The Hall–Kier alpha value is -1.83. The summed E-state index contributed by atoms with van der Waals surface area (Å²) in [4.78, 5) is 0. The maximum absolute atomic E-state index is 4.50. The summed E-state index contributed by atoms with van der Waals surface area (Å²) < 4.78 is 2.06. The lowest BCUT2D eigenvalue weighted by Crippen LogP contribution is -2.18. The molecule has 0 bridgehead atoms. The van der Waals surface area contributed by atoms with E-state index in [2.05, 4.69) is 47.9 Å². The number of para-hydroxylation sites is 1. The van der Waals surface area contributed by atoms with Gasteiger partial charge in [-0.2, -0.15) is 5.10 Å². The van der Waals surface area contributed by atoms with Crippen LogP contribution in [0, 0.1) is 5.41 Å². The molecule has 2 nitrogen and oxygen atoms in total. The van der Waals surface area contributed by atoms with Crippen molar-refractivity contribution >= 4 is 6.08 Å². The van der Waals surface area contributed by atoms with E-state index in [0.29, 0.717) is 0 Å². The van der Waals surface area contributed by atoms with E-state index in [-0.39, 0.29) is 5.41 Å². The summed E-state index contributed by atoms with van der Waals surface area (Å²) in [5.74, 6) is 0. The highest BCUT2D eigenvalue weighted by Gasteiger charge is 2.24. The third-order valence-corrected chi connectivity index (χ3v) is 3.24. The van der Waals surface area contributed by atoms with Gasteiger partial charge in [0.25, 0.3) is 0 Å². The Labute approximate surface area is 102 Å². The molecule has 17 heavy (non-hydrogen) atoms. The molecule has 1 aliphatic carbocycles. The molecule has 1 aliphatic rings. The Morgan fingerprint density at radius 2 is 1.94 bits per heavy atom. The van der Waals surface area contributed by atoms with Crippen molar-refractivity contribution in [3.05, 3.63) is 53.9 Å². The van der Waals surface area contributed by atoms with Crippen molar-refractivity contribution in [3.8, 4) is 5.69 Å². The largest absolute Gasteiger partial charge is 0.237 e. The molecule has 1 aromatic heterocycles. The van der Waals surface area contributed by atoms with Crippen LogP contribution in [0.3, 0.4) is 0 Å². The normalized spacial score (nSPS) is 16.8. The van der Waals surface area contributed by atoms with Crippen LogP contribution in [0.25, 0.3) is 11.8 Å². The summed E-state index contributed by atoms with van der Waals surface area (Å²) >= 11 is 0. The lowest BCUT2D eigenvalue weighted by atomic mass is 9.82. The molecule has 0 unspecified atom stereocenters. The second kappa shape index (κ2) is 3.59. The molecule has 0 radical (unpaired) electrons. The number of fused-ring (bicyclic) bond motifs is 1. The van der Waals surface area contributed by atoms with Gasteiger partial charge in [0.15, 0.2) is 0 Å². The first kappa shape index (κ1) is 10.3. The Bertz CT molecular complexity index is 562. The fourth-order valence-electron chi connectivity index (χ4n) is 2.30. The summed E-state index contributed by atoms with van der Waals surface area (Å²) in [5, 5.41) is 4.50. The molecule has 0 saturated heterocycles. The molecule has 0 spiro atoms. The fraction of sp³-hybridized carbons (Fsp3) is 0.267. The van der Waals surface area contributed by atoms with Crippen molar-refractivity contribution in [3.63, 3.8) is 0 Å². The molecule has 0 atom stereocenters. The van der Waals surface area contributed by atoms with Crippen molar-refractivity contribution in [1.82, 2.24) is 9.78 Å². The highest BCUT2D eigenvalue weighted by molar-refractivity contribution is 5.56. The van der Waals surface area contributed by atoms with E-state index in [0.717, 1.165) is 12.1 Å². The SMILES string of the molecule is CC1(C)C=Cc2cnn(-c3ccccc3)c2C1. The summed E-state index contributed by atoms with van der Waals surface area (Å²) in [5.41, 5.74) is 3.91. The molecule has 1 aromatic carbocycles. The van der Waals surface area contributed by atoms with E-state index in [1.807, 2.05) is 24.4 Å². The standard InChI is InChI=1S/C15H16N2/c1-15(2)9-8-12-11-16-17(14(12)10-15)13-6-4-3-5-7-13/h3-9,11H,10H2,1-2H3. The van der Waals surface area contributed by atoms with Gasteiger partial charge in [-0.15, -0.1) is 0 Å². The predicted octanol–water partition coefficient (Wildman–Crippen LogP) is 3.47. The first-order chi connectivity index (χ1) is 8.16. The number of hydrogen-bond acceptors (Lipinski definition) is 1. The molecule has 0 N–H and O–H groups in total. The maximum atomic E-state index is 4.50. The molecule has 0 aliphatic heterocycles. The van der Waals surface area contributed by atoms with Gasteiger partial charge in [-0.05, 0) is 24.0 Å². The zero-order chi connectivity index (χ0) is 11.9. The van der Waals surface area contributed by atoms with Crippen molar-refractivity contribution in [2.75, 3.05) is 0 Å². The van der Waals surface area contributed by atoms with Crippen molar-refractivity contribution < 1.29 is 0 Å². The third-order valence-electron chi connectivity index (χ3n) is 3.24. The monoisotopic (exact) mass is 224 g/mol. The smallest absolute Gasteiger partial charge is 0.0649 e. The van der Waals surface area contributed by atoms with Gasteiger partial charge in [0.05, 0.1) is 17.6 Å². The lowest BCUT2D eigenvalue weighted by molar-refractivity contribution is 0.461. The summed E-state index contributed by atoms with van der Waals surface area (Å²) in [6.45, 7) is 4.52. The number of aromatic nitrogens is 2. The average molecular weight is 224 g/mol. The summed E-state index contributed by atoms with van der Waals surface area (Å²) in [6.07, 6.45) is 7.44. The fourth-order valence-corrected chi connectivity index (χ4v) is 2.30. The average Bonchev–Trinajstić information content (AvgIpc) is 2.71. The number of nitrogens with zero attached hydrogens (tertiary/aromatic N) is 2. The van der Waals surface area contributed by atoms with Crippen molar-refractivity contribution in [2.45, 2.75) is 20.3 Å². The number of allylic oxidation sites excluding steroid dienone is 1. The van der Waals surface area contributed by atoms with E-state index in [1.165, 1.54) is 11.3 Å². The minimum absolute atomic E-state index is 0.222. The van der Waals surface area contributed by atoms with Crippen LogP contribution in [0.15, 0.2) is 42.6 Å². The van der Waals surface area contributed by atoms with Crippen LogP contribution in [0.4, 0.5) is 0 Å². The highest BCUT2D eigenvalue weighted by atomic mass is 15.3. The van der Waals surface area contributed by atoms with E-state index >= 15 is 0 Å². The lowest BCUT2D eigenvalue weighted by Gasteiger charge is -2.24. The second-order valence-electron chi connectivity index (χ2n) is 5.29. The summed E-state index contributed by atoms with van der Waals surface area (Å²) in [6, 6.07) is 10.3. The molecule has 0 saturated carbocycles. The van der Waals surface area contributed by atoms with Crippen molar-refractivity contribution in [2.24, 2.45) is 5.41 Å². The first-order valence-corrected chi connectivity index (χ1v) is 5.97. The van der Waals surface area contributed by atoms with E-state index in [9.17, 15) is 0 Å². The quantitative estimate of drug-likeness (QED) is 0.725. The predicted molar refractivity (Wildman–Crippen MR) is 70.1 cm³/mol. The van der Waals surface area contributed by atoms with Crippen LogP contribution < -0.4 is 0 Å². The minimum atomic E-state index is 0.222. The molecule has 1 heterocycles. The van der Waals surface area contributed by atoms with E-state index in [4.69, 9.17) is 0 Å². The molecule has 0 fully saturated rings. The molecule has 3 rings (SSSR count). The molecule has 86 valence electrons. The van der Waals surface area contributed by atoms with Gasteiger partial charge in [0.2, 0.25) is 0 Å². The zero-order valence-corrected chi connectivity index (χ0v) is 10.2. The number of hydrogen-bond donors (Lipinski definition) is 0. The van der Waals surface area contributed by atoms with Crippen LogP contribution >= 0.6 is 0 Å². The maximum Gasteiger partial charge on any atom is 0.0649 e. The van der Waals surface area contributed by atoms with Gasteiger partial charge in [-0.25, -0.2) is 4.68 Å². The van der Waals surface area contributed by atoms with E-state index < -0.39 is 0 Å². The van der Waals surface area contributed by atoms with Crippen LogP contribution in [0.2, 0.25) is 0 Å². The molecule has 2 heteroatoms. The molecular formula is C15H16N2. The van der Waals surface area contributed by atoms with Crippen LogP contribution in [0.5, 0.6) is 0 Å². The van der Waals surface area contributed by atoms with Gasteiger partial charge in [-0.1, -0.05) is 44.2 Å². The topological polar surface area (TPSA) is 17.8 Å². The van der Waals surface area contributed by atoms with Crippen LogP contribution in [0.1, 0.15) is 25.1 Å². The third kappa shape index (κ3) is 1.80. The first-order valence-electron chi connectivity index (χ1n) is 5.97. The van der Waals surface area contributed by atoms with Crippen molar-refractivity contribution in [1.29, 1.82) is 0 Å². The van der Waals surface area contributed by atoms with Crippen LogP contribution in [-0.4, -0.2) is 9.78 Å². The van der Waals surface area contributed by atoms with Gasteiger partial charge in [0.1, 0.15) is 0 Å². The molecule has 2 aromatic rings. The molecule has 0 amide bonds. The molecular weight excluding hydrogens is 208 g/mol. The van der Waals surface area contributed by atoms with Gasteiger partial charge >= 0.3 is 0 Å². The second-order valence-corrected chi connectivity index (χ2v) is 5.29. The number of benzene rings is 1. The Kier molecular flexibility index (Phi) is 2.18. The van der Waals surface area contributed by atoms with Gasteiger partial charge < -0.3 is 0 Å². The number of rotatable bonds is 1. The minimum Gasteiger partial charge on any atom is -0.237 e. The Morgan fingerprint density at radius 1 is 1.18 bits per heavy atom. The Morgan fingerprint density at radius 3 is 2.71 bits per heavy atom.